The van der Waals surface area contributed by atoms with E-state index in [1.54, 1.807) is 15.7 Å². The Labute approximate surface area is 242 Å². The second-order valence-electron chi connectivity index (χ2n) is 11.2. The molecule has 0 aliphatic carbocycles. The summed E-state index contributed by atoms with van der Waals surface area (Å²) >= 11 is 1.49. The highest BCUT2D eigenvalue weighted by molar-refractivity contribution is 8.02. The minimum atomic E-state index is -1.01. The highest BCUT2D eigenvalue weighted by Crippen LogP contribution is 2.69. The van der Waals surface area contributed by atoms with Crippen LogP contribution < -0.4 is 0 Å². The molecule has 214 valence electrons. The van der Waals surface area contributed by atoms with Crippen LogP contribution >= 0.6 is 11.8 Å². The molecule has 1 aromatic heterocycles. The van der Waals surface area contributed by atoms with Crippen molar-refractivity contribution in [1.29, 1.82) is 0 Å². The molecule has 0 saturated carbocycles. The van der Waals surface area contributed by atoms with Gasteiger partial charge in [0.15, 0.2) is 0 Å². The molecule has 2 amide bonds. The van der Waals surface area contributed by atoms with Crippen LogP contribution in [0.15, 0.2) is 67.3 Å². The quantitative estimate of drug-likeness (QED) is 0.353. The largest absolute Gasteiger partial charge is 0.481 e. The van der Waals surface area contributed by atoms with Gasteiger partial charge in [0.05, 0.1) is 34.7 Å². The van der Waals surface area contributed by atoms with Gasteiger partial charge in [-0.25, -0.2) is 4.68 Å². The molecule has 3 saturated heterocycles. The standard InChI is InChI=1S/C30H33N5O5S/c1-3-13-33(17-34-22-12-8-7-11-21(22)31-32-34)28(38)26-30-18(2)14-23(41-30)24(29(39)40)25(30)27(37)35(26)20(16-36)15-19-9-5-4-6-10-19/h3-12,18,20,23-26,36H,1,13-17H2,2H3,(H,39,40)/t18?,20-,23-,24+,25+,26?,30?/m1/s1. The van der Waals surface area contributed by atoms with E-state index >= 15 is 0 Å². The summed E-state index contributed by atoms with van der Waals surface area (Å²) in [5, 5.41) is 29.1. The number of hydrogen-bond acceptors (Lipinski definition) is 7. The molecule has 3 aliphatic heterocycles. The Balaban J connectivity index is 1.43. The molecule has 3 aromatic rings. The zero-order valence-corrected chi connectivity index (χ0v) is 23.6. The third kappa shape index (κ3) is 4.25. The van der Waals surface area contributed by atoms with Crippen LogP contribution in [-0.4, -0.2) is 88.0 Å². The normalized spacial score (nSPS) is 29.1. The molecule has 1 spiro atoms. The van der Waals surface area contributed by atoms with Gasteiger partial charge in [-0.15, -0.1) is 23.4 Å². The zero-order chi connectivity index (χ0) is 28.9. The maximum Gasteiger partial charge on any atom is 0.308 e. The average molecular weight is 576 g/mol. The average Bonchev–Trinajstić information content (AvgIpc) is 3.69. The second-order valence-corrected chi connectivity index (χ2v) is 12.8. The molecular weight excluding hydrogens is 542 g/mol. The van der Waals surface area contributed by atoms with E-state index in [4.69, 9.17) is 0 Å². The number of carboxylic acid groups (broad SMARTS) is 1. The first-order valence-electron chi connectivity index (χ1n) is 13.9. The lowest BCUT2D eigenvalue weighted by molar-refractivity contribution is -0.150. The monoisotopic (exact) mass is 575 g/mol. The number of carbonyl (C=O) groups is 3. The molecule has 7 atom stereocenters. The number of aliphatic carboxylic acids is 1. The summed E-state index contributed by atoms with van der Waals surface area (Å²) in [6.07, 6.45) is 2.58. The number of para-hydroxylation sites is 1. The van der Waals surface area contributed by atoms with Gasteiger partial charge in [0, 0.05) is 11.8 Å². The van der Waals surface area contributed by atoms with E-state index in [0.717, 1.165) is 11.1 Å². The van der Waals surface area contributed by atoms with Crippen molar-refractivity contribution in [1.82, 2.24) is 24.8 Å². The van der Waals surface area contributed by atoms with Crippen LogP contribution in [-0.2, 0) is 27.5 Å². The van der Waals surface area contributed by atoms with Crippen molar-refractivity contribution in [3.8, 4) is 0 Å². The number of rotatable bonds is 10. The van der Waals surface area contributed by atoms with Crippen LogP contribution in [0.5, 0.6) is 0 Å². The minimum Gasteiger partial charge on any atom is -0.481 e. The Morgan fingerprint density at radius 2 is 1.95 bits per heavy atom. The van der Waals surface area contributed by atoms with E-state index in [9.17, 15) is 24.6 Å². The first-order chi connectivity index (χ1) is 19.8. The fraction of sp³-hybridized carbons (Fsp3) is 0.433. The minimum absolute atomic E-state index is 0.0742. The molecule has 3 fully saturated rings. The summed E-state index contributed by atoms with van der Waals surface area (Å²) in [5.74, 6) is -3.49. The molecule has 10 nitrogen and oxygen atoms in total. The molecule has 3 unspecified atom stereocenters. The Bertz CT molecular complexity index is 1500. The smallest absolute Gasteiger partial charge is 0.308 e. The molecule has 3 aliphatic rings. The lowest BCUT2D eigenvalue weighted by atomic mass is 9.66. The van der Waals surface area contributed by atoms with Crippen molar-refractivity contribution < 1.29 is 24.6 Å². The van der Waals surface area contributed by atoms with Gasteiger partial charge in [-0.3, -0.25) is 14.4 Å². The third-order valence-electron chi connectivity index (χ3n) is 9.01. The van der Waals surface area contributed by atoms with Crippen molar-refractivity contribution in [2.75, 3.05) is 13.2 Å². The third-order valence-corrected chi connectivity index (χ3v) is 11.1. The maximum absolute atomic E-state index is 14.8. The molecule has 2 aromatic carbocycles. The van der Waals surface area contributed by atoms with Gasteiger partial charge in [0.1, 0.15) is 18.2 Å². The number of thioether (sulfide) groups is 1. The molecular formula is C30H33N5O5S. The first kappa shape index (κ1) is 27.5. The van der Waals surface area contributed by atoms with Crippen LogP contribution in [0.25, 0.3) is 11.0 Å². The van der Waals surface area contributed by atoms with Crippen molar-refractivity contribution in [2.24, 2.45) is 17.8 Å². The fourth-order valence-corrected chi connectivity index (χ4v) is 9.68. The summed E-state index contributed by atoms with van der Waals surface area (Å²) in [6.45, 7) is 5.80. The van der Waals surface area contributed by atoms with Crippen LogP contribution in [0.4, 0.5) is 0 Å². The summed E-state index contributed by atoms with van der Waals surface area (Å²) in [5.41, 5.74) is 2.37. The van der Waals surface area contributed by atoms with Crippen molar-refractivity contribution in [3.63, 3.8) is 0 Å². The van der Waals surface area contributed by atoms with Crippen LogP contribution in [0, 0.1) is 17.8 Å². The Kier molecular flexibility index (Phi) is 7.11. The number of aliphatic hydroxyl groups excluding tert-OH is 1. The number of aliphatic hydroxyl groups is 1. The predicted octanol–water partition coefficient (Wildman–Crippen LogP) is 2.43. The SMILES string of the molecule is C=CCN(Cn1nnc2ccccc21)C(=O)C1N([C@@H](CO)Cc2ccccc2)C(=O)[C@@H]2[C@@H](C(=O)O)[C@H]3CC(C)C12S3. The predicted molar refractivity (Wildman–Crippen MR) is 154 cm³/mol. The van der Waals surface area contributed by atoms with Crippen molar-refractivity contribution >= 4 is 40.6 Å². The second kappa shape index (κ2) is 10.6. The van der Waals surface area contributed by atoms with E-state index in [1.165, 1.54) is 16.7 Å². The molecule has 4 heterocycles. The summed E-state index contributed by atoms with van der Waals surface area (Å²) in [4.78, 5) is 44.7. The number of amides is 2. The van der Waals surface area contributed by atoms with Gasteiger partial charge in [-0.05, 0) is 36.5 Å². The number of carboxylic acids is 1. The molecule has 0 radical (unpaired) electrons. The summed E-state index contributed by atoms with van der Waals surface area (Å²) in [7, 11) is 0. The van der Waals surface area contributed by atoms with E-state index in [-0.39, 0.29) is 42.8 Å². The van der Waals surface area contributed by atoms with Gasteiger partial charge in [0.2, 0.25) is 11.8 Å². The number of hydrogen-bond donors (Lipinski definition) is 2. The first-order valence-corrected chi connectivity index (χ1v) is 14.7. The van der Waals surface area contributed by atoms with Crippen LogP contribution in [0.3, 0.4) is 0 Å². The number of nitrogens with zero attached hydrogens (tertiary/aromatic N) is 5. The lowest BCUT2D eigenvalue weighted by Crippen LogP contribution is -2.59. The van der Waals surface area contributed by atoms with Gasteiger partial charge in [-0.2, -0.15) is 0 Å². The molecule has 2 N–H and O–H groups in total. The lowest BCUT2D eigenvalue weighted by Gasteiger charge is -2.42. The topological polar surface area (TPSA) is 129 Å². The Morgan fingerprint density at radius 3 is 2.66 bits per heavy atom. The molecule has 11 heteroatoms. The van der Waals surface area contributed by atoms with E-state index in [0.29, 0.717) is 18.4 Å². The number of likely N-dealkylation sites (tertiary alicyclic amines) is 1. The zero-order valence-electron chi connectivity index (χ0n) is 22.7. The van der Waals surface area contributed by atoms with Gasteiger partial charge < -0.3 is 20.0 Å². The summed E-state index contributed by atoms with van der Waals surface area (Å²) in [6, 6.07) is 15.3. The number of aromatic nitrogens is 3. The Morgan fingerprint density at radius 1 is 1.22 bits per heavy atom. The number of benzene rings is 2. The highest BCUT2D eigenvalue weighted by Gasteiger charge is 2.77. The summed E-state index contributed by atoms with van der Waals surface area (Å²) < 4.78 is 0.721. The molecule has 2 bridgehead atoms. The van der Waals surface area contributed by atoms with Crippen molar-refractivity contribution in [3.05, 3.63) is 72.8 Å². The Hall–Kier alpha value is -3.70. The van der Waals surface area contributed by atoms with Crippen LogP contribution in [0.1, 0.15) is 18.9 Å². The van der Waals surface area contributed by atoms with Gasteiger partial charge in [0.25, 0.3) is 0 Å². The maximum atomic E-state index is 14.8. The fourth-order valence-electron chi connectivity index (χ4n) is 7.28. The van der Waals surface area contributed by atoms with Crippen LogP contribution in [0.2, 0.25) is 0 Å². The van der Waals surface area contributed by atoms with Crippen molar-refractivity contribution in [2.45, 2.75) is 48.5 Å². The van der Waals surface area contributed by atoms with E-state index in [1.807, 2.05) is 61.5 Å². The van der Waals surface area contributed by atoms with Gasteiger partial charge >= 0.3 is 5.97 Å². The number of carbonyl (C=O) groups excluding carboxylic acids is 2. The number of fused-ring (bicyclic) bond motifs is 2. The van der Waals surface area contributed by atoms with Gasteiger partial charge in [-0.1, -0.05) is 60.7 Å². The molecule has 41 heavy (non-hydrogen) atoms. The van der Waals surface area contributed by atoms with E-state index < -0.39 is 34.6 Å². The highest BCUT2D eigenvalue weighted by atomic mass is 32.2. The molecule has 6 rings (SSSR count). The van der Waals surface area contributed by atoms with E-state index in [2.05, 4.69) is 16.9 Å².